The molecule has 0 aromatic carbocycles. The maximum atomic E-state index is 12.1. The Morgan fingerprint density at radius 2 is 1.61 bits per heavy atom. The first-order valence-electron chi connectivity index (χ1n) is 6.52. The number of hydrogen-bond acceptors (Lipinski definition) is 2. The van der Waals surface area contributed by atoms with E-state index in [1.807, 2.05) is 20.8 Å². The van der Waals surface area contributed by atoms with E-state index in [0.717, 1.165) is 18.3 Å². The Bertz CT molecular complexity index is 288. The van der Waals surface area contributed by atoms with Crippen LogP contribution < -0.4 is 0 Å². The van der Waals surface area contributed by atoms with Crippen molar-refractivity contribution in [3.8, 4) is 0 Å². The van der Waals surface area contributed by atoms with Gasteiger partial charge in [0.05, 0.1) is 5.92 Å². The second-order valence-electron chi connectivity index (χ2n) is 6.75. The van der Waals surface area contributed by atoms with Gasteiger partial charge in [0.25, 0.3) is 0 Å². The van der Waals surface area contributed by atoms with Gasteiger partial charge in [0.1, 0.15) is 5.60 Å². The molecular weight excluding hydrogens is 224 g/mol. The molecule has 0 heterocycles. The van der Waals surface area contributed by atoms with Crippen molar-refractivity contribution < 1.29 is 9.53 Å². The van der Waals surface area contributed by atoms with Crippen LogP contribution in [-0.2, 0) is 9.53 Å². The van der Waals surface area contributed by atoms with Gasteiger partial charge in [0.2, 0.25) is 0 Å². The van der Waals surface area contributed by atoms with Crippen molar-refractivity contribution in [3.05, 3.63) is 0 Å². The number of rotatable bonds is 1. The highest BCUT2D eigenvalue weighted by atomic mass is 16.6. The van der Waals surface area contributed by atoms with Crippen LogP contribution in [0.25, 0.3) is 0 Å². The minimum absolute atomic E-state index is 0. The minimum Gasteiger partial charge on any atom is -0.460 e. The number of carbonyl (C=O) groups is 1. The van der Waals surface area contributed by atoms with E-state index in [1.165, 1.54) is 6.42 Å². The summed E-state index contributed by atoms with van der Waals surface area (Å²) in [6.45, 7) is 10.5. The molecule has 0 N–H and O–H groups in total. The Labute approximate surface area is 113 Å². The van der Waals surface area contributed by atoms with Crippen LogP contribution in [-0.4, -0.2) is 11.6 Å². The minimum atomic E-state index is -0.340. The lowest BCUT2D eigenvalue weighted by Crippen LogP contribution is -2.35. The Kier molecular flexibility index (Phi) is 5.46. The zero-order valence-corrected chi connectivity index (χ0v) is 11.1. The predicted octanol–water partition coefficient (Wildman–Crippen LogP) is 4.53. The topological polar surface area (TPSA) is 26.3 Å². The van der Waals surface area contributed by atoms with E-state index >= 15 is 0 Å². The molecule has 18 heavy (non-hydrogen) atoms. The van der Waals surface area contributed by atoms with Crippen molar-refractivity contribution in [1.82, 2.24) is 0 Å². The normalized spacial score (nSPS) is 37.7. The molecule has 2 bridgehead atoms. The van der Waals surface area contributed by atoms with E-state index in [4.69, 9.17) is 4.74 Å². The molecule has 108 valence electrons. The molecule has 0 aromatic rings. The molecule has 0 amide bonds. The largest absolute Gasteiger partial charge is 0.460 e. The monoisotopic (exact) mass is 256 g/mol. The second-order valence-corrected chi connectivity index (χ2v) is 6.75. The highest BCUT2D eigenvalue weighted by molar-refractivity contribution is 5.74. The molecule has 0 saturated heterocycles. The summed E-state index contributed by atoms with van der Waals surface area (Å²) in [7, 11) is 0. The maximum Gasteiger partial charge on any atom is 0.309 e. The Morgan fingerprint density at radius 1 is 1.06 bits per heavy atom. The summed E-state index contributed by atoms with van der Waals surface area (Å²) in [5, 5.41) is 0. The molecule has 2 saturated carbocycles. The summed E-state index contributed by atoms with van der Waals surface area (Å²) in [6, 6.07) is 0. The molecule has 2 nitrogen and oxygen atoms in total. The van der Waals surface area contributed by atoms with Gasteiger partial charge in [-0.3, -0.25) is 4.79 Å². The molecule has 2 aliphatic rings. The van der Waals surface area contributed by atoms with Crippen LogP contribution in [0.3, 0.4) is 0 Å². The van der Waals surface area contributed by atoms with Gasteiger partial charge in [0.15, 0.2) is 0 Å². The van der Waals surface area contributed by atoms with E-state index in [1.54, 1.807) is 0 Å². The Morgan fingerprint density at radius 3 is 2.00 bits per heavy atom. The summed E-state index contributed by atoms with van der Waals surface area (Å²) in [4.78, 5) is 12.1. The quantitative estimate of drug-likeness (QED) is 0.644. The first-order valence-corrected chi connectivity index (χ1v) is 6.52. The van der Waals surface area contributed by atoms with Gasteiger partial charge in [-0.25, -0.2) is 0 Å². The number of carbonyl (C=O) groups excluding carboxylic acids is 1. The van der Waals surface area contributed by atoms with E-state index < -0.39 is 0 Å². The summed E-state index contributed by atoms with van der Waals surface area (Å²) in [5.41, 5.74) is -0.340. The lowest BCUT2D eigenvalue weighted by Gasteiger charge is -2.32. The third kappa shape index (κ3) is 3.07. The lowest BCUT2D eigenvalue weighted by molar-refractivity contribution is -0.163. The van der Waals surface area contributed by atoms with Crippen molar-refractivity contribution in [1.29, 1.82) is 0 Å². The third-order valence-electron chi connectivity index (χ3n) is 4.61. The molecule has 0 aliphatic heterocycles. The van der Waals surface area contributed by atoms with Gasteiger partial charge < -0.3 is 4.74 Å². The molecule has 2 rings (SSSR count). The molecule has 5 unspecified atom stereocenters. The predicted molar refractivity (Wildman–Crippen MR) is 77.3 cm³/mol. The zero-order valence-electron chi connectivity index (χ0n) is 11.1. The molecule has 2 heteroatoms. The van der Waals surface area contributed by atoms with Gasteiger partial charge in [-0.05, 0) is 57.3 Å². The molecule has 2 aliphatic carbocycles. The highest BCUT2D eigenvalue weighted by Crippen LogP contribution is 2.55. The van der Waals surface area contributed by atoms with Gasteiger partial charge in [-0.1, -0.05) is 28.7 Å². The van der Waals surface area contributed by atoms with Gasteiger partial charge >= 0.3 is 5.97 Å². The van der Waals surface area contributed by atoms with Crippen molar-refractivity contribution in [3.63, 3.8) is 0 Å². The number of hydrogen-bond donors (Lipinski definition) is 0. The summed E-state index contributed by atoms with van der Waals surface area (Å²) >= 11 is 0. The molecule has 5 atom stereocenters. The fourth-order valence-corrected chi connectivity index (χ4v) is 3.59. The van der Waals surface area contributed by atoms with E-state index in [-0.39, 0.29) is 32.3 Å². The van der Waals surface area contributed by atoms with Crippen molar-refractivity contribution >= 4 is 5.97 Å². The number of ether oxygens (including phenoxy) is 1. The van der Waals surface area contributed by atoms with E-state index in [0.29, 0.717) is 11.8 Å². The zero-order chi connectivity index (χ0) is 12.1. The SMILES string of the molecule is C.C.CC1C2CC(C(=O)OC(C)(C)C)C(C2)C1C. The van der Waals surface area contributed by atoms with Crippen molar-refractivity contribution in [2.45, 2.75) is 67.9 Å². The third-order valence-corrected chi connectivity index (χ3v) is 4.61. The van der Waals surface area contributed by atoms with Crippen LogP contribution in [0.2, 0.25) is 0 Å². The van der Waals surface area contributed by atoms with Crippen LogP contribution in [0.4, 0.5) is 0 Å². The van der Waals surface area contributed by atoms with Crippen molar-refractivity contribution in [2.75, 3.05) is 0 Å². The first-order chi connectivity index (χ1) is 7.29. The average Bonchev–Trinajstić information content (AvgIpc) is 2.65. The average molecular weight is 256 g/mol. The highest BCUT2D eigenvalue weighted by Gasteiger charge is 2.52. The van der Waals surface area contributed by atoms with Crippen LogP contribution in [0.15, 0.2) is 0 Å². The maximum absolute atomic E-state index is 12.1. The van der Waals surface area contributed by atoms with Crippen molar-refractivity contribution in [2.24, 2.45) is 29.6 Å². The van der Waals surface area contributed by atoms with Gasteiger partial charge in [-0.15, -0.1) is 0 Å². The first kappa shape index (κ1) is 17.5. The van der Waals surface area contributed by atoms with Gasteiger partial charge in [0, 0.05) is 0 Å². The summed E-state index contributed by atoms with van der Waals surface area (Å²) < 4.78 is 5.52. The van der Waals surface area contributed by atoms with Crippen LogP contribution in [0.5, 0.6) is 0 Å². The molecule has 0 aromatic heterocycles. The van der Waals surface area contributed by atoms with Crippen LogP contribution in [0, 0.1) is 29.6 Å². The Hall–Kier alpha value is -0.530. The van der Waals surface area contributed by atoms with E-state index in [2.05, 4.69) is 13.8 Å². The summed E-state index contributed by atoms with van der Waals surface area (Å²) in [5.74, 6) is 3.04. The summed E-state index contributed by atoms with van der Waals surface area (Å²) in [6.07, 6.45) is 2.30. The van der Waals surface area contributed by atoms with Crippen LogP contribution in [0.1, 0.15) is 62.3 Å². The molecule has 0 spiro atoms. The van der Waals surface area contributed by atoms with Crippen LogP contribution >= 0.6 is 0 Å². The second kappa shape index (κ2) is 5.63. The fraction of sp³-hybridized carbons (Fsp3) is 0.938. The Balaban J connectivity index is 0.00000144. The number of esters is 1. The molecule has 2 fully saturated rings. The fourth-order valence-electron chi connectivity index (χ4n) is 3.59. The lowest BCUT2D eigenvalue weighted by atomic mass is 9.76. The van der Waals surface area contributed by atoms with Gasteiger partial charge in [-0.2, -0.15) is 0 Å². The van der Waals surface area contributed by atoms with E-state index in [9.17, 15) is 4.79 Å². The molecule has 0 radical (unpaired) electrons. The standard InChI is InChI=1S/C14H24O2.2CH4/c1-8-9(2)11-6-10(8)7-12(11)13(15)16-14(3,4)5;;/h8-12H,6-7H2,1-5H3;2*1H4. The smallest absolute Gasteiger partial charge is 0.309 e. The molecular formula is C16H32O2. The number of fused-ring (bicyclic) bond motifs is 2.